The van der Waals surface area contributed by atoms with Crippen molar-refractivity contribution in [1.29, 1.82) is 5.26 Å². The van der Waals surface area contributed by atoms with Gasteiger partial charge in [0.15, 0.2) is 0 Å². The monoisotopic (exact) mass is 146 g/mol. The van der Waals surface area contributed by atoms with Gasteiger partial charge in [-0.05, 0) is 5.92 Å². The molecule has 4 heteroatoms. The van der Waals surface area contributed by atoms with Gasteiger partial charge in [0.05, 0.1) is 12.1 Å². The highest BCUT2D eigenvalue weighted by Gasteiger charge is 2.47. The van der Waals surface area contributed by atoms with Crippen LogP contribution in [0.2, 0.25) is 0 Å². The van der Waals surface area contributed by atoms with Crippen molar-refractivity contribution in [2.45, 2.75) is 24.8 Å². The highest BCUT2D eigenvalue weighted by Crippen LogP contribution is 2.43. The van der Waals surface area contributed by atoms with Crippen molar-refractivity contribution in [3.05, 3.63) is 0 Å². The van der Waals surface area contributed by atoms with E-state index in [0.717, 1.165) is 0 Å². The smallest absolute Gasteiger partial charge is 0.248 e. The maximum absolute atomic E-state index is 12.1. The first-order chi connectivity index (χ1) is 4.55. The summed E-state index contributed by atoms with van der Waals surface area (Å²) in [5.74, 6) is -2.85. The Labute approximate surface area is 57.6 Å². The van der Waals surface area contributed by atoms with Crippen LogP contribution in [0.5, 0.6) is 0 Å². The molecule has 0 amide bonds. The number of halogens is 2. The van der Waals surface area contributed by atoms with Crippen LogP contribution in [0.3, 0.4) is 0 Å². The molecule has 0 bridgehead atoms. The Morgan fingerprint density at radius 1 is 1.60 bits per heavy atom. The molecule has 0 spiro atoms. The zero-order chi connectivity index (χ0) is 7.78. The number of nitrogens with two attached hydrogens (primary N) is 1. The minimum absolute atomic E-state index is 0.221. The van der Waals surface area contributed by atoms with E-state index >= 15 is 0 Å². The predicted molar refractivity (Wildman–Crippen MR) is 31.3 cm³/mol. The molecule has 0 unspecified atom stereocenters. The Morgan fingerprint density at radius 2 is 2.10 bits per heavy atom. The van der Waals surface area contributed by atoms with E-state index in [1.165, 1.54) is 0 Å². The third-order valence-electron chi connectivity index (χ3n) is 1.78. The molecule has 56 valence electrons. The van der Waals surface area contributed by atoms with Gasteiger partial charge in [0, 0.05) is 12.8 Å². The zero-order valence-electron chi connectivity index (χ0n) is 5.35. The maximum Gasteiger partial charge on any atom is 0.248 e. The quantitative estimate of drug-likeness (QED) is 0.597. The van der Waals surface area contributed by atoms with Gasteiger partial charge in [0.2, 0.25) is 5.92 Å². The molecule has 10 heavy (non-hydrogen) atoms. The van der Waals surface area contributed by atoms with E-state index in [1.807, 2.05) is 0 Å². The summed E-state index contributed by atoms with van der Waals surface area (Å²) in [6.07, 6.45) is -0.441. The van der Waals surface area contributed by atoms with Gasteiger partial charge in [-0.25, -0.2) is 8.78 Å². The van der Waals surface area contributed by atoms with E-state index in [9.17, 15) is 8.78 Å². The summed E-state index contributed by atoms with van der Waals surface area (Å²) in [6, 6.07) is 1.04. The summed E-state index contributed by atoms with van der Waals surface area (Å²) in [6.45, 7) is 0. The fraction of sp³-hybridized carbons (Fsp3) is 0.833. The molecule has 1 fully saturated rings. The Morgan fingerprint density at radius 3 is 2.40 bits per heavy atom. The molecular formula is C6H8F2N2. The van der Waals surface area contributed by atoms with E-state index < -0.39 is 12.0 Å². The van der Waals surface area contributed by atoms with Crippen LogP contribution >= 0.6 is 0 Å². The average Bonchev–Trinajstić information content (AvgIpc) is 1.81. The van der Waals surface area contributed by atoms with Crippen LogP contribution in [-0.2, 0) is 0 Å². The second-order valence-electron chi connectivity index (χ2n) is 2.68. The van der Waals surface area contributed by atoms with Gasteiger partial charge in [-0.2, -0.15) is 5.26 Å². The second kappa shape index (κ2) is 2.17. The van der Waals surface area contributed by atoms with Crippen LogP contribution in [-0.4, -0.2) is 12.0 Å². The molecule has 2 N–H and O–H groups in total. The number of hydrogen-bond donors (Lipinski definition) is 1. The van der Waals surface area contributed by atoms with Crippen molar-refractivity contribution in [1.82, 2.24) is 0 Å². The lowest BCUT2D eigenvalue weighted by atomic mass is 9.77. The number of nitrogens with zero attached hydrogens (tertiary/aromatic N) is 1. The van der Waals surface area contributed by atoms with Gasteiger partial charge in [-0.15, -0.1) is 0 Å². The molecular weight excluding hydrogens is 138 g/mol. The number of hydrogen-bond acceptors (Lipinski definition) is 2. The Kier molecular flexibility index (Phi) is 1.61. The summed E-state index contributed by atoms with van der Waals surface area (Å²) in [5.41, 5.74) is 5.20. The van der Waals surface area contributed by atoms with Crippen molar-refractivity contribution in [2.75, 3.05) is 0 Å². The van der Waals surface area contributed by atoms with Crippen molar-refractivity contribution in [3.63, 3.8) is 0 Å². The van der Waals surface area contributed by atoms with Crippen LogP contribution in [0.1, 0.15) is 12.8 Å². The lowest BCUT2D eigenvalue weighted by Crippen LogP contribution is -2.45. The normalized spacial score (nSPS) is 26.6. The number of alkyl halides is 2. The van der Waals surface area contributed by atoms with Crippen molar-refractivity contribution >= 4 is 0 Å². The number of nitriles is 1. The zero-order valence-corrected chi connectivity index (χ0v) is 5.35. The van der Waals surface area contributed by atoms with Crippen molar-refractivity contribution in [3.8, 4) is 6.07 Å². The Balaban J connectivity index is 2.34. The predicted octanol–water partition coefficient (Wildman–Crippen LogP) is 0.883. The molecule has 1 aliphatic rings. The van der Waals surface area contributed by atoms with Crippen LogP contribution in [0, 0.1) is 17.2 Å². The van der Waals surface area contributed by atoms with Crippen LogP contribution in [0.25, 0.3) is 0 Å². The van der Waals surface area contributed by atoms with E-state index in [4.69, 9.17) is 11.0 Å². The first kappa shape index (κ1) is 7.42. The van der Waals surface area contributed by atoms with Crippen LogP contribution < -0.4 is 5.73 Å². The van der Waals surface area contributed by atoms with Gasteiger partial charge in [-0.3, -0.25) is 0 Å². The molecule has 1 aliphatic carbocycles. The summed E-state index contributed by atoms with van der Waals surface area (Å²) in [7, 11) is 0. The first-order valence-electron chi connectivity index (χ1n) is 3.08. The number of rotatable bonds is 1. The third kappa shape index (κ3) is 1.24. The first-order valence-corrected chi connectivity index (χ1v) is 3.08. The SMILES string of the molecule is N#C[C@H](N)C1CC(F)(F)C1. The van der Waals surface area contributed by atoms with Gasteiger partial charge >= 0.3 is 0 Å². The van der Waals surface area contributed by atoms with Gasteiger partial charge in [0.25, 0.3) is 0 Å². The fourth-order valence-electron chi connectivity index (χ4n) is 1.07. The third-order valence-corrected chi connectivity index (χ3v) is 1.78. The molecule has 1 atom stereocenters. The summed E-state index contributed by atoms with van der Waals surface area (Å²) >= 11 is 0. The topological polar surface area (TPSA) is 49.8 Å². The lowest BCUT2D eigenvalue weighted by Gasteiger charge is -2.35. The van der Waals surface area contributed by atoms with Crippen LogP contribution in [0.4, 0.5) is 8.78 Å². The molecule has 0 aromatic carbocycles. The summed E-state index contributed by atoms with van der Waals surface area (Å²) in [4.78, 5) is 0. The Hall–Kier alpha value is -0.690. The molecule has 0 heterocycles. The highest BCUT2D eigenvalue weighted by atomic mass is 19.3. The largest absolute Gasteiger partial charge is 0.316 e. The van der Waals surface area contributed by atoms with Gasteiger partial charge in [0.1, 0.15) is 0 Å². The van der Waals surface area contributed by atoms with E-state index in [1.54, 1.807) is 6.07 Å². The second-order valence-corrected chi connectivity index (χ2v) is 2.68. The molecule has 0 radical (unpaired) electrons. The van der Waals surface area contributed by atoms with Crippen LogP contribution in [0.15, 0.2) is 0 Å². The molecule has 0 aromatic heterocycles. The van der Waals surface area contributed by atoms with E-state index in [2.05, 4.69) is 0 Å². The molecule has 1 rings (SSSR count). The summed E-state index contributed by atoms with van der Waals surface area (Å²) < 4.78 is 24.2. The minimum Gasteiger partial charge on any atom is -0.316 e. The molecule has 2 nitrogen and oxygen atoms in total. The molecule has 0 saturated heterocycles. The van der Waals surface area contributed by atoms with Crippen molar-refractivity contribution in [2.24, 2.45) is 11.7 Å². The maximum atomic E-state index is 12.1. The van der Waals surface area contributed by atoms with E-state index in [0.29, 0.717) is 0 Å². The van der Waals surface area contributed by atoms with Gasteiger partial charge < -0.3 is 5.73 Å². The molecule has 0 aliphatic heterocycles. The fourth-order valence-corrected chi connectivity index (χ4v) is 1.07. The summed E-state index contributed by atoms with van der Waals surface area (Å²) in [5, 5.41) is 8.22. The average molecular weight is 146 g/mol. The standard InChI is InChI=1S/C6H8F2N2/c7-6(8)1-4(2-6)5(10)3-9/h4-5H,1-2,10H2/t5-/m0/s1. The molecule has 0 aromatic rings. The Bertz CT molecular complexity index is 165. The minimum atomic E-state index is -2.56. The van der Waals surface area contributed by atoms with E-state index in [-0.39, 0.29) is 18.8 Å². The van der Waals surface area contributed by atoms with Gasteiger partial charge in [-0.1, -0.05) is 0 Å². The molecule has 1 saturated carbocycles. The highest BCUT2D eigenvalue weighted by molar-refractivity contribution is 5.00. The lowest BCUT2D eigenvalue weighted by molar-refractivity contribution is -0.112. The van der Waals surface area contributed by atoms with Crippen molar-refractivity contribution < 1.29 is 8.78 Å².